The van der Waals surface area contributed by atoms with E-state index in [-0.39, 0.29) is 26.1 Å². The number of unbranched alkanes of at least 4 members (excludes halogenated alkanes) is 26. The van der Waals surface area contributed by atoms with Gasteiger partial charge in [0, 0.05) is 12.8 Å². The van der Waals surface area contributed by atoms with Gasteiger partial charge in [-0.2, -0.15) is 0 Å². The number of phosphoric acid groups is 1. The van der Waals surface area contributed by atoms with Crippen molar-refractivity contribution in [1.29, 1.82) is 0 Å². The van der Waals surface area contributed by atoms with Crippen LogP contribution < -0.4 is 4.89 Å². The summed E-state index contributed by atoms with van der Waals surface area (Å²) in [7, 11) is 1.16. The highest BCUT2D eigenvalue weighted by Gasteiger charge is 2.21. The summed E-state index contributed by atoms with van der Waals surface area (Å²) in [6, 6.07) is 0. The minimum absolute atomic E-state index is 0.0324. The molecule has 0 saturated heterocycles. The average Bonchev–Trinajstić information content (AvgIpc) is 3.13. The number of likely N-dealkylation sites (N-methyl/N-ethyl adjacent to an activating group) is 1. The first-order valence-electron chi connectivity index (χ1n) is 22.9. The molecule has 0 heterocycles. The second-order valence-electron chi connectivity index (χ2n) is 16.8. The number of hydrogen-bond acceptors (Lipinski definition) is 8. The van der Waals surface area contributed by atoms with Crippen molar-refractivity contribution in [1.82, 2.24) is 0 Å². The molecule has 1 unspecified atom stereocenters. The van der Waals surface area contributed by atoms with Crippen molar-refractivity contribution in [2.24, 2.45) is 0 Å². The van der Waals surface area contributed by atoms with Gasteiger partial charge in [0.05, 0.1) is 27.7 Å². The molecule has 326 valence electrons. The van der Waals surface area contributed by atoms with Gasteiger partial charge in [-0.3, -0.25) is 14.2 Å². The third-order valence-electron chi connectivity index (χ3n) is 10.0. The van der Waals surface area contributed by atoms with Crippen molar-refractivity contribution in [3.63, 3.8) is 0 Å². The molecular weight excluding hydrogens is 713 g/mol. The maximum atomic E-state index is 12.6. The van der Waals surface area contributed by atoms with E-state index in [1.54, 1.807) is 0 Å². The highest BCUT2D eigenvalue weighted by molar-refractivity contribution is 7.45. The van der Waals surface area contributed by atoms with Gasteiger partial charge in [0.25, 0.3) is 7.82 Å². The SMILES string of the molecule is CCCCCCCCCCCCCCCCCCCC/C=C/CCCC(=O)O[C@H](COC(=O)CCCCCCCCCC)COP(=O)([O-])OCC[N+](C)(C)C. The van der Waals surface area contributed by atoms with Crippen LogP contribution in [0.5, 0.6) is 0 Å². The van der Waals surface area contributed by atoms with E-state index >= 15 is 0 Å². The Morgan fingerprint density at radius 2 is 0.945 bits per heavy atom. The van der Waals surface area contributed by atoms with Crippen LogP contribution in [0, 0.1) is 0 Å². The van der Waals surface area contributed by atoms with Crippen molar-refractivity contribution in [2.75, 3.05) is 47.5 Å². The van der Waals surface area contributed by atoms with E-state index in [0.29, 0.717) is 17.4 Å². The molecule has 55 heavy (non-hydrogen) atoms. The quantitative estimate of drug-likeness (QED) is 0.0197. The number of rotatable bonds is 42. The number of nitrogens with zero attached hydrogens (tertiary/aromatic N) is 1. The maximum Gasteiger partial charge on any atom is 0.306 e. The normalized spacial score (nSPS) is 13.6. The lowest BCUT2D eigenvalue weighted by molar-refractivity contribution is -0.870. The molecule has 0 rings (SSSR count). The van der Waals surface area contributed by atoms with Crippen LogP contribution >= 0.6 is 7.82 Å². The van der Waals surface area contributed by atoms with E-state index in [2.05, 4.69) is 26.0 Å². The Morgan fingerprint density at radius 1 is 0.545 bits per heavy atom. The first-order valence-corrected chi connectivity index (χ1v) is 24.4. The lowest BCUT2D eigenvalue weighted by Gasteiger charge is -2.28. The summed E-state index contributed by atoms with van der Waals surface area (Å²) in [4.78, 5) is 37.3. The first kappa shape index (κ1) is 53.8. The highest BCUT2D eigenvalue weighted by atomic mass is 31.2. The molecule has 0 bridgehead atoms. The minimum atomic E-state index is -4.62. The molecule has 0 aromatic rings. The number of ether oxygens (including phenoxy) is 2. The predicted octanol–water partition coefficient (Wildman–Crippen LogP) is 12.3. The maximum absolute atomic E-state index is 12.6. The highest BCUT2D eigenvalue weighted by Crippen LogP contribution is 2.38. The van der Waals surface area contributed by atoms with E-state index in [9.17, 15) is 19.0 Å². The summed E-state index contributed by atoms with van der Waals surface area (Å²) in [6.45, 7) is 4.18. The second-order valence-corrected chi connectivity index (χ2v) is 18.2. The van der Waals surface area contributed by atoms with Crippen molar-refractivity contribution in [3.05, 3.63) is 12.2 Å². The van der Waals surface area contributed by atoms with Crippen molar-refractivity contribution in [2.45, 2.75) is 219 Å². The molecule has 9 nitrogen and oxygen atoms in total. The molecule has 0 amide bonds. The molecule has 2 atom stereocenters. The van der Waals surface area contributed by atoms with Crippen molar-refractivity contribution in [3.8, 4) is 0 Å². The Hall–Kier alpha value is -1.25. The van der Waals surface area contributed by atoms with Gasteiger partial charge in [-0.1, -0.05) is 180 Å². The zero-order valence-corrected chi connectivity index (χ0v) is 37.5. The number of esters is 2. The summed E-state index contributed by atoms with van der Waals surface area (Å²) < 4.78 is 33.8. The minimum Gasteiger partial charge on any atom is -0.756 e. The van der Waals surface area contributed by atoms with Crippen LogP contribution in [-0.4, -0.2) is 70.0 Å². The summed E-state index contributed by atoms with van der Waals surface area (Å²) in [5.41, 5.74) is 0. The standard InChI is InChI=1S/C45H88NO8P/c1-6-8-10-12-14-16-17-18-19-20-21-22-23-24-25-26-27-28-29-30-32-34-36-38-45(48)54-43(42-53-55(49,50)52-40-39-46(3,4)5)41-51-44(47)37-35-33-31-15-13-11-9-7-2/h30,32,43H,6-29,31,33-42H2,1-5H3/b32-30+/t43-/m1/s1. The van der Waals surface area contributed by atoms with E-state index < -0.39 is 32.5 Å². The number of carbonyl (C=O) groups is 2. The van der Waals surface area contributed by atoms with Gasteiger partial charge < -0.3 is 27.9 Å². The van der Waals surface area contributed by atoms with Gasteiger partial charge >= 0.3 is 11.9 Å². The van der Waals surface area contributed by atoms with Crippen LogP contribution in [0.4, 0.5) is 0 Å². The van der Waals surface area contributed by atoms with Gasteiger partial charge in [-0.25, -0.2) is 0 Å². The Balaban J connectivity index is 4.18. The summed E-state index contributed by atoms with van der Waals surface area (Å²) in [6.07, 6.45) is 39.9. The van der Waals surface area contributed by atoms with Crippen molar-refractivity contribution < 1.29 is 42.1 Å². The lowest BCUT2D eigenvalue weighted by Crippen LogP contribution is -2.37. The molecule has 0 aliphatic rings. The summed E-state index contributed by atoms with van der Waals surface area (Å²) in [5.74, 6) is -0.868. The Morgan fingerprint density at radius 3 is 1.40 bits per heavy atom. The van der Waals surface area contributed by atoms with Crippen LogP contribution in [0.3, 0.4) is 0 Å². The van der Waals surface area contributed by atoms with Crippen LogP contribution in [0.25, 0.3) is 0 Å². The molecule has 10 heteroatoms. The Labute approximate surface area is 339 Å². The summed E-state index contributed by atoms with van der Waals surface area (Å²) >= 11 is 0. The van der Waals surface area contributed by atoms with Crippen LogP contribution in [-0.2, 0) is 32.7 Å². The zero-order valence-electron chi connectivity index (χ0n) is 36.6. The fourth-order valence-electron chi connectivity index (χ4n) is 6.42. The molecule has 0 saturated carbocycles. The number of allylic oxidation sites excluding steroid dienone is 2. The largest absolute Gasteiger partial charge is 0.756 e. The van der Waals surface area contributed by atoms with Gasteiger partial charge in [0.15, 0.2) is 6.10 Å². The molecule has 0 fully saturated rings. The Kier molecular flexibility index (Phi) is 37.4. The lowest BCUT2D eigenvalue weighted by atomic mass is 10.0. The average molecular weight is 802 g/mol. The van der Waals surface area contributed by atoms with Gasteiger partial charge in [-0.05, 0) is 32.1 Å². The molecule has 0 aromatic heterocycles. The van der Waals surface area contributed by atoms with Crippen LogP contribution in [0.2, 0.25) is 0 Å². The number of hydrogen-bond donors (Lipinski definition) is 0. The summed E-state index contributed by atoms with van der Waals surface area (Å²) in [5, 5.41) is 0. The van der Waals surface area contributed by atoms with E-state index in [0.717, 1.165) is 32.1 Å². The molecular formula is C45H88NO8P. The van der Waals surface area contributed by atoms with Crippen LogP contribution in [0.1, 0.15) is 213 Å². The molecule has 0 spiro atoms. The predicted molar refractivity (Wildman–Crippen MR) is 227 cm³/mol. The number of phosphoric ester groups is 1. The third kappa shape index (κ3) is 42.2. The molecule has 0 aliphatic heterocycles. The smallest absolute Gasteiger partial charge is 0.306 e. The topological polar surface area (TPSA) is 111 Å². The van der Waals surface area contributed by atoms with Gasteiger partial charge in [-0.15, -0.1) is 0 Å². The first-order chi connectivity index (χ1) is 26.5. The van der Waals surface area contributed by atoms with Gasteiger partial charge in [0.1, 0.15) is 19.8 Å². The van der Waals surface area contributed by atoms with E-state index in [4.69, 9.17) is 18.5 Å². The van der Waals surface area contributed by atoms with Gasteiger partial charge in [0.2, 0.25) is 0 Å². The monoisotopic (exact) mass is 802 g/mol. The van der Waals surface area contributed by atoms with Crippen LogP contribution in [0.15, 0.2) is 12.2 Å². The molecule has 0 radical (unpaired) electrons. The molecule has 0 N–H and O–H groups in total. The molecule has 0 aromatic carbocycles. The second kappa shape index (κ2) is 38.3. The number of quaternary nitrogens is 1. The van der Waals surface area contributed by atoms with E-state index in [1.807, 2.05) is 21.1 Å². The Bertz CT molecular complexity index is 954. The zero-order chi connectivity index (χ0) is 40.7. The third-order valence-corrected chi connectivity index (χ3v) is 11.0. The number of carbonyl (C=O) groups excluding carboxylic acids is 2. The fraction of sp³-hybridized carbons (Fsp3) is 0.911. The van der Waals surface area contributed by atoms with Crippen molar-refractivity contribution >= 4 is 19.8 Å². The fourth-order valence-corrected chi connectivity index (χ4v) is 7.15. The van der Waals surface area contributed by atoms with E-state index in [1.165, 1.54) is 148 Å². The molecule has 0 aliphatic carbocycles.